The number of esters is 1. The maximum Gasteiger partial charge on any atom is 0.344 e. The van der Waals surface area contributed by atoms with E-state index in [1.54, 1.807) is 37.3 Å². The molecule has 148 valence electrons. The Bertz CT molecular complexity index is 848. The second kappa shape index (κ2) is 10.7. The zero-order chi connectivity index (χ0) is 20.4. The Morgan fingerprint density at radius 1 is 1.04 bits per heavy atom. The van der Waals surface area contributed by atoms with Gasteiger partial charge in [0.05, 0.1) is 19.4 Å². The summed E-state index contributed by atoms with van der Waals surface area (Å²) >= 11 is 0. The van der Waals surface area contributed by atoms with Crippen molar-refractivity contribution in [3.8, 4) is 11.5 Å². The molecule has 7 heteroatoms. The lowest BCUT2D eigenvalue weighted by atomic mass is 10.1. The zero-order valence-corrected chi connectivity index (χ0v) is 16.2. The quantitative estimate of drug-likeness (QED) is 0.408. The lowest BCUT2D eigenvalue weighted by Crippen LogP contribution is -2.18. The van der Waals surface area contributed by atoms with E-state index in [2.05, 4.69) is 10.5 Å². The zero-order valence-electron chi connectivity index (χ0n) is 16.2. The number of carbonyl (C=O) groups is 2. The largest absolute Gasteiger partial charge is 0.490 e. The summed E-state index contributed by atoms with van der Waals surface area (Å²) in [5.41, 5.74) is 4.65. The Kier molecular flexibility index (Phi) is 8.02. The average molecular weight is 384 g/mol. The van der Waals surface area contributed by atoms with Crippen molar-refractivity contribution in [3.63, 3.8) is 0 Å². The Hall–Kier alpha value is -3.35. The number of hydrazone groups is 1. The fourth-order valence-electron chi connectivity index (χ4n) is 2.39. The normalized spacial score (nSPS) is 10.5. The van der Waals surface area contributed by atoms with Crippen LogP contribution in [-0.2, 0) is 9.53 Å². The fraction of sp³-hybridized carbons (Fsp3) is 0.286. The van der Waals surface area contributed by atoms with Gasteiger partial charge in [0.2, 0.25) is 0 Å². The molecule has 0 aliphatic heterocycles. The number of benzene rings is 2. The van der Waals surface area contributed by atoms with Crippen LogP contribution in [-0.4, -0.2) is 37.9 Å². The van der Waals surface area contributed by atoms with Crippen molar-refractivity contribution in [2.75, 3.05) is 19.8 Å². The molecule has 0 unspecified atom stereocenters. The third-order valence-corrected chi connectivity index (χ3v) is 3.69. The molecule has 0 saturated heterocycles. The van der Waals surface area contributed by atoms with Crippen LogP contribution in [0.4, 0.5) is 0 Å². The molecule has 1 N–H and O–H groups in total. The molecule has 0 aromatic heterocycles. The molecule has 0 fully saturated rings. The molecule has 0 radical (unpaired) electrons. The molecule has 2 aromatic rings. The van der Waals surface area contributed by atoms with Gasteiger partial charge in [0, 0.05) is 5.56 Å². The lowest BCUT2D eigenvalue weighted by Gasteiger charge is -2.12. The Morgan fingerprint density at radius 3 is 2.54 bits per heavy atom. The van der Waals surface area contributed by atoms with E-state index in [9.17, 15) is 9.59 Å². The number of nitrogens with one attached hydrogen (secondary N) is 1. The minimum Gasteiger partial charge on any atom is -0.490 e. The first-order chi connectivity index (χ1) is 13.5. The van der Waals surface area contributed by atoms with E-state index < -0.39 is 5.97 Å². The smallest absolute Gasteiger partial charge is 0.344 e. The highest BCUT2D eigenvalue weighted by molar-refractivity contribution is 5.96. The highest BCUT2D eigenvalue weighted by Gasteiger charge is 2.10. The Balaban J connectivity index is 2.04. The van der Waals surface area contributed by atoms with Gasteiger partial charge in [-0.1, -0.05) is 18.2 Å². The van der Waals surface area contributed by atoms with Crippen LogP contribution in [0.25, 0.3) is 0 Å². The lowest BCUT2D eigenvalue weighted by molar-refractivity contribution is -0.145. The van der Waals surface area contributed by atoms with Crippen LogP contribution in [0.3, 0.4) is 0 Å². The van der Waals surface area contributed by atoms with Crippen LogP contribution in [0.5, 0.6) is 11.5 Å². The second-order valence-corrected chi connectivity index (χ2v) is 5.75. The number of aryl methyl sites for hydroxylation is 1. The number of hydrogen-bond acceptors (Lipinski definition) is 6. The van der Waals surface area contributed by atoms with Gasteiger partial charge < -0.3 is 14.2 Å². The number of ether oxygens (including phenoxy) is 3. The summed E-state index contributed by atoms with van der Waals surface area (Å²) in [7, 11) is 0. The highest BCUT2D eigenvalue weighted by atomic mass is 16.6. The number of hydrogen-bond donors (Lipinski definition) is 1. The number of amides is 1. The molecule has 0 saturated carbocycles. The summed E-state index contributed by atoms with van der Waals surface area (Å²) in [5, 5.41) is 3.99. The number of rotatable bonds is 9. The minimum absolute atomic E-state index is 0.201. The molecule has 0 bridgehead atoms. The summed E-state index contributed by atoms with van der Waals surface area (Å²) in [6, 6.07) is 12.4. The SMILES string of the molecule is CCOC(=O)COc1ccc(/C=N\NC(=O)c2ccccc2C)cc1OCC. The molecule has 0 aliphatic carbocycles. The molecule has 1 amide bonds. The Morgan fingerprint density at radius 2 is 1.82 bits per heavy atom. The third-order valence-electron chi connectivity index (χ3n) is 3.69. The van der Waals surface area contributed by atoms with E-state index in [0.717, 1.165) is 5.56 Å². The molecule has 0 spiro atoms. The first-order valence-electron chi connectivity index (χ1n) is 8.99. The number of nitrogens with zero attached hydrogens (tertiary/aromatic N) is 1. The maximum absolute atomic E-state index is 12.2. The monoisotopic (exact) mass is 384 g/mol. The standard InChI is InChI=1S/C21H24N2O5/c1-4-26-19-12-16(10-11-18(19)28-14-20(24)27-5-2)13-22-23-21(25)17-9-7-6-8-15(17)3/h6-13H,4-5,14H2,1-3H3,(H,23,25)/b22-13-. The molecule has 7 nitrogen and oxygen atoms in total. The van der Waals surface area contributed by atoms with Gasteiger partial charge in [-0.2, -0.15) is 5.10 Å². The van der Waals surface area contributed by atoms with E-state index in [1.807, 2.05) is 26.0 Å². The van der Waals surface area contributed by atoms with E-state index in [-0.39, 0.29) is 12.5 Å². The van der Waals surface area contributed by atoms with Crippen LogP contribution in [0, 0.1) is 6.92 Å². The van der Waals surface area contributed by atoms with Crippen molar-refractivity contribution in [1.82, 2.24) is 5.43 Å². The molecular formula is C21H24N2O5. The van der Waals surface area contributed by atoms with Gasteiger partial charge in [-0.15, -0.1) is 0 Å². The molecule has 2 aromatic carbocycles. The maximum atomic E-state index is 12.2. The van der Waals surface area contributed by atoms with Gasteiger partial charge in [0.1, 0.15) is 0 Å². The summed E-state index contributed by atoms with van der Waals surface area (Å²) in [5.74, 6) is 0.167. The first kappa shape index (κ1) is 21.0. The molecule has 28 heavy (non-hydrogen) atoms. The first-order valence-corrected chi connectivity index (χ1v) is 8.99. The van der Waals surface area contributed by atoms with Crippen LogP contribution in [0.15, 0.2) is 47.6 Å². The second-order valence-electron chi connectivity index (χ2n) is 5.75. The highest BCUT2D eigenvalue weighted by Crippen LogP contribution is 2.28. The summed E-state index contributed by atoms with van der Waals surface area (Å²) in [6.45, 7) is 5.97. The average Bonchev–Trinajstić information content (AvgIpc) is 2.68. The van der Waals surface area contributed by atoms with E-state index in [0.29, 0.717) is 35.8 Å². The minimum atomic E-state index is -0.450. The van der Waals surface area contributed by atoms with Crippen molar-refractivity contribution in [2.45, 2.75) is 20.8 Å². The van der Waals surface area contributed by atoms with Crippen LogP contribution in [0.1, 0.15) is 35.3 Å². The third kappa shape index (κ3) is 6.12. The molecule has 2 rings (SSSR count). The predicted octanol–water partition coefficient (Wildman–Crippen LogP) is 3.10. The van der Waals surface area contributed by atoms with Crippen molar-refractivity contribution < 1.29 is 23.8 Å². The molecule has 0 atom stereocenters. The molecule has 0 aliphatic rings. The van der Waals surface area contributed by atoms with Gasteiger partial charge in [-0.05, 0) is 56.2 Å². The summed E-state index contributed by atoms with van der Waals surface area (Å²) in [4.78, 5) is 23.6. The van der Waals surface area contributed by atoms with Gasteiger partial charge >= 0.3 is 5.97 Å². The summed E-state index contributed by atoms with van der Waals surface area (Å²) in [6.07, 6.45) is 1.51. The predicted molar refractivity (Wildman–Crippen MR) is 106 cm³/mol. The Labute approximate surface area is 164 Å². The van der Waals surface area contributed by atoms with Gasteiger partial charge in [0.25, 0.3) is 5.91 Å². The van der Waals surface area contributed by atoms with Gasteiger partial charge in [0.15, 0.2) is 18.1 Å². The molecular weight excluding hydrogens is 360 g/mol. The van der Waals surface area contributed by atoms with Crippen molar-refractivity contribution in [1.29, 1.82) is 0 Å². The van der Waals surface area contributed by atoms with Gasteiger partial charge in [-0.3, -0.25) is 4.79 Å². The fourth-order valence-corrected chi connectivity index (χ4v) is 2.39. The van der Waals surface area contributed by atoms with Crippen LogP contribution >= 0.6 is 0 Å². The molecule has 0 heterocycles. The number of carbonyl (C=O) groups excluding carboxylic acids is 2. The topological polar surface area (TPSA) is 86.2 Å². The van der Waals surface area contributed by atoms with Crippen molar-refractivity contribution in [2.24, 2.45) is 5.10 Å². The van der Waals surface area contributed by atoms with E-state index >= 15 is 0 Å². The summed E-state index contributed by atoms with van der Waals surface area (Å²) < 4.78 is 15.9. The van der Waals surface area contributed by atoms with Crippen LogP contribution < -0.4 is 14.9 Å². The van der Waals surface area contributed by atoms with E-state index in [4.69, 9.17) is 14.2 Å². The van der Waals surface area contributed by atoms with E-state index in [1.165, 1.54) is 6.21 Å². The van der Waals surface area contributed by atoms with Crippen LogP contribution in [0.2, 0.25) is 0 Å². The van der Waals surface area contributed by atoms with Crippen molar-refractivity contribution in [3.05, 3.63) is 59.2 Å². The van der Waals surface area contributed by atoms with Gasteiger partial charge in [-0.25, -0.2) is 10.2 Å². The van der Waals surface area contributed by atoms with Crippen molar-refractivity contribution >= 4 is 18.1 Å².